The molecule has 1 amide bonds. The Bertz CT molecular complexity index is 723. The van der Waals surface area contributed by atoms with Crippen LogP contribution in [-0.2, 0) is 17.6 Å². The van der Waals surface area contributed by atoms with Crippen molar-refractivity contribution < 1.29 is 4.79 Å². The Hall–Kier alpha value is -2.40. The maximum Gasteiger partial charge on any atom is 0.220 e. The van der Waals surface area contributed by atoms with E-state index in [2.05, 4.69) is 32.8 Å². The van der Waals surface area contributed by atoms with E-state index in [-0.39, 0.29) is 11.9 Å². The number of carbonyl (C=O) groups is 1. The molecule has 1 atom stereocenters. The van der Waals surface area contributed by atoms with Crippen molar-refractivity contribution in [2.24, 2.45) is 0 Å². The summed E-state index contributed by atoms with van der Waals surface area (Å²) in [5, 5.41) is 5.23. The van der Waals surface area contributed by atoms with Crippen LogP contribution in [0.25, 0.3) is 0 Å². The second-order valence-corrected chi connectivity index (χ2v) is 6.74. The van der Waals surface area contributed by atoms with Crippen molar-refractivity contribution >= 4 is 17.2 Å². The Labute approximate surface area is 146 Å². The zero-order chi connectivity index (χ0) is 16.6. The fourth-order valence-corrected chi connectivity index (χ4v) is 3.44. The number of aryl methyl sites for hydroxylation is 1. The molecule has 0 aliphatic carbocycles. The first kappa shape index (κ1) is 16.5. The molecule has 3 aromatic rings. The smallest absolute Gasteiger partial charge is 0.220 e. The monoisotopic (exact) mass is 339 g/mol. The number of amides is 1. The van der Waals surface area contributed by atoms with Crippen molar-refractivity contribution in [3.05, 3.63) is 76.5 Å². The Morgan fingerprint density at radius 3 is 2.79 bits per heavy atom. The zero-order valence-electron chi connectivity index (χ0n) is 13.4. The summed E-state index contributed by atoms with van der Waals surface area (Å²) < 4.78 is 0. The van der Waals surface area contributed by atoms with E-state index in [4.69, 9.17) is 0 Å². The average molecular weight is 339 g/mol. The Morgan fingerprint density at radius 1 is 1.21 bits per heavy atom. The van der Waals surface area contributed by atoms with Crippen LogP contribution in [0.1, 0.15) is 35.1 Å². The second-order valence-electron chi connectivity index (χ2n) is 5.70. The van der Waals surface area contributed by atoms with Crippen LogP contribution in [0.3, 0.4) is 0 Å². The molecule has 0 saturated heterocycles. The highest BCUT2D eigenvalue weighted by Crippen LogP contribution is 2.17. The number of imidazole rings is 1. The Balaban J connectivity index is 1.57. The van der Waals surface area contributed by atoms with Crippen molar-refractivity contribution in [3.8, 4) is 0 Å². The maximum atomic E-state index is 12.3. The molecule has 2 aromatic heterocycles. The van der Waals surface area contributed by atoms with E-state index in [1.807, 2.05) is 30.3 Å². The molecule has 0 aliphatic heterocycles. The number of benzene rings is 1. The predicted molar refractivity (Wildman–Crippen MR) is 96.9 cm³/mol. The topological polar surface area (TPSA) is 57.8 Å². The van der Waals surface area contributed by atoms with Crippen LogP contribution >= 0.6 is 11.3 Å². The number of thiophene rings is 1. The zero-order valence-corrected chi connectivity index (χ0v) is 14.3. The van der Waals surface area contributed by atoms with Crippen molar-refractivity contribution in [1.29, 1.82) is 0 Å². The van der Waals surface area contributed by atoms with Crippen molar-refractivity contribution in [3.63, 3.8) is 0 Å². The van der Waals surface area contributed by atoms with Gasteiger partial charge in [-0.15, -0.1) is 11.3 Å². The normalized spacial score (nSPS) is 12.0. The molecule has 0 fully saturated rings. The lowest BCUT2D eigenvalue weighted by molar-refractivity contribution is -0.121. The number of hydrogen-bond donors (Lipinski definition) is 2. The van der Waals surface area contributed by atoms with Gasteiger partial charge in [-0.1, -0.05) is 36.4 Å². The van der Waals surface area contributed by atoms with Crippen LogP contribution < -0.4 is 5.32 Å². The molecule has 1 unspecified atom stereocenters. The molecular weight excluding hydrogens is 318 g/mol. The van der Waals surface area contributed by atoms with Gasteiger partial charge in [0, 0.05) is 30.1 Å². The van der Waals surface area contributed by atoms with Gasteiger partial charge in [-0.3, -0.25) is 4.79 Å². The minimum Gasteiger partial charge on any atom is -0.349 e. The fraction of sp³-hybridized carbons (Fsp3) is 0.263. The molecule has 0 spiro atoms. The summed E-state index contributed by atoms with van der Waals surface area (Å²) >= 11 is 1.74. The summed E-state index contributed by atoms with van der Waals surface area (Å²) in [6.07, 6.45) is 6.57. The number of H-pyrrole nitrogens is 1. The number of aromatic amines is 1. The Morgan fingerprint density at radius 2 is 2.08 bits per heavy atom. The van der Waals surface area contributed by atoms with Gasteiger partial charge in [0.2, 0.25) is 5.91 Å². The highest BCUT2D eigenvalue weighted by Gasteiger charge is 2.16. The van der Waals surface area contributed by atoms with E-state index in [0.717, 1.165) is 24.2 Å². The van der Waals surface area contributed by atoms with Gasteiger partial charge in [0.1, 0.15) is 5.82 Å². The Kier molecular flexibility index (Phi) is 5.80. The van der Waals surface area contributed by atoms with Gasteiger partial charge in [-0.2, -0.15) is 0 Å². The van der Waals surface area contributed by atoms with Gasteiger partial charge in [0.15, 0.2) is 0 Å². The fourth-order valence-electron chi connectivity index (χ4n) is 2.69. The molecule has 124 valence electrons. The van der Waals surface area contributed by atoms with Gasteiger partial charge in [-0.05, 0) is 29.9 Å². The summed E-state index contributed by atoms with van der Waals surface area (Å²) in [5.41, 5.74) is 1.10. The number of carbonyl (C=O) groups excluding carboxylic acids is 1. The average Bonchev–Trinajstić information content (AvgIpc) is 3.29. The molecule has 0 saturated carbocycles. The van der Waals surface area contributed by atoms with Crippen LogP contribution in [0.15, 0.2) is 60.2 Å². The molecule has 0 radical (unpaired) electrons. The molecule has 24 heavy (non-hydrogen) atoms. The van der Waals surface area contributed by atoms with Crippen LogP contribution in [0.2, 0.25) is 0 Å². The van der Waals surface area contributed by atoms with E-state index in [0.29, 0.717) is 12.8 Å². The highest BCUT2D eigenvalue weighted by atomic mass is 32.1. The number of aromatic nitrogens is 2. The molecule has 0 aliphatic rings. The molecule has 4 nitrogen and oxygen atoms in total. The van der Waals surface area contributed by atoms with E-state index < -0.39 is 0 Å². The van der Waals surface area contributed by atoms with Crippen molar-refractivity contribution in [1.82, 2.24) is 15.3 Å². The third kappa shape index (κ3) is 4.80. The van der Waals surface area contributed by atoms with Gasteiger partial charge >= 0.3 is 0 Å². The van der Waals surface area contributed by atoms with Crippen LogP contribution in [0, 0.1) is 0 Å². The number of nitrogens with one attached hydrogen (secondary N) is 2. The van der Waals surface area contributed by atoms with E-state index in [1.54, 1.807) is 23.7 Å². The molecule has 2 heterocycles. The number of rotatable bonds is 8. The van der Waals surface area contributed by atoms with Gasteiger partial charge < -0.3 is 10.3 Å². The third-order valence-electron chi connectivity index (χ3n) is 3.90. The van der Waals surface area contributed by atoms with Crippen LogP contribution in [0.4, 0.5) is 0 Å². The van der Waals surface area contributed by atoms with Crippen LogP contribution in [-0.4, -0.2) is 15.9 Å². The number of hydrogen-bond acceptors (Lipinski definition) is 3. The van der Waals surface area contributed by atoms with E-state index in [1.165, 1.54) is 4.88 Å². The lowest BCUT2D eigenvalue weighted by atomic mass is 10.0. The summed E-state index contributed by atoms with van der Waals surface area (Å²) in [7, 11) is 0. The second kappa shape index (κ2) is 8.45. The predicted octanol–water partition coefficient (Wildman–Crippen LogP) is 3.89. The largest absolute Gasteiger partial charge is 0.349 e. The van der Waals surface area contributed by atoms with Gasteiger partial charge in [-0.25, -0.2) is 4.98 Å². The highest BCUT2D eigenvalue weighted by molar-refractivity contribution is 7.09. The third-order valence-corrected chi connectivity index (χ3v) is 4.83. The summed E-state index contributed by atoms with van der Waals surface area (Å²) in [6, 6.07) is 14.2. The van der Waals surface area contributed by atoms with Gasteiger partial charge in [0.25, 0.3) is 0 Å². The lowest BCUT2D eigenvalue weighted by Gasteiger charge is -2.18. The SMILES string of the molecule is O=C(CCCc1cccs1)NC(Cc1ncc[nH]1)c1ccccc1. The first-order valence-electron chi connectivity index (χ1n) is 8.16. The van der Waals surface area contributed by atoms with Crippen molar-refractivity contribution in [2.75, 3.05) is 0 Å². The quantitative estimate of drug-likeness (QED) is 0.654. The molecule has 5 heteroatoms. The number of nitrogens with zero attached hydrogens (tertiary/aromatic N) is 1. The van der Waals surface area contributed by atoms with Crippen molar-refractivity contribution in [2.45, 2.75) is 31.7 Å². The molecule has 0 bridgehead atoms. The summed E-state index contributed by atoms with van der Waals surface area (Å²) in [5.74, 6) is 0.967. The first-order chi connectivity index (χ1) is 11.8. The summed E-state index contributed by atoms with van der Waals surface area (Å²) in [6.45, 7) is 0. The molecule has 1 aromatic carbocycles. The van der Waals surface area contributed by atoms with Crippen LogP contribution in [0.5, 0.6) is 0 Å². The standard InChI is InChI=1S/C19H21N3OS/c23-19(10-4-8-16-9-5-13-24-16)22-17(14-18-20-11-12-21-18)15-6-2-1-3-7-15/h1-3,5-7,9,11-13,17H,4,8,10,14H2,(H,20,21)(H,22,23). The van der Waals surface area contributed by atoms with E-state index >= 15 is 0 Å². The minimum atomic E-state index is -0.0633. The minimum absolute atomic E-state index is 0.0633. The maximum absolute atomic E-state index is 12.3. The van der Waals surface area contributed by atoms with Gasteiger partial charge in [0.05, 0.1) is 6.04 Å². The first-order valence-corrected chi connectivity index (χ1v) is 9.04. The molecule has 2 N–H and O–H groups in total. The molecular formula is C19H21N3OS. The lowest BCUT2D eigenvalue weighted by Crippen LogP contribution is -2.30. The molecule has 3 rings (SSSR count). The van der Waals surface area contributed by atoms with E-state index in [9.17, 15) is 4.79 Å². The summed E-state index contributed by atoms with van der Waals surface area (Å²) in [4.78, 5) is 21.1.